The van der Waals surface area contributed by atoms with Crippen molar-refractivity contribution in [1.29, 1.82) is 0 Å². The molecule has 0 radical (unpaired) electrons. The normalized spacial score (nSPS) is 14.6. The first kappa shape index (κ1) is 36.4. The summed E-state index contributed by atoms with van der Waals surface area (Å²) in [5, 5.41) is 2.98. The molecular weight excluding hydrogens is 639 g/mol. The summed E-state index contributed by atoms with van der Waals surface area (Å²) in [6.07, 6.45) is -0.693. The molecule has 0 aliphatic carbocycles. The molecule has 262 valence electrons. The van der Waals surface area contributed by atoms with Gasteiger partial charge in [0.15, 0.2) is 0 Å². The van der Waals surface area contributed by atoms with E-state index in [2.05, 4.69) is 29.3 Å². The molecule has 9 heteroatoms. The summed E-state index contributed by atoms with van der Waals surface area (Å²) in [6, 6.07) is 31.8. The number of ether oxygens (including phenoxy) is 1. The van der Waals surface area contributed by atoms with Crippen LogP contribution in [-0.2, 0) is 35.3 Å². The number of halogens is 3. The molecule has 0 saturated carbocycles. The zero-order valence-electron chi connectivity index (χ0n) is 28.4. The molecule has 50 heavy (non-hydrogen) atoms. The number of hydrogen-bond donors (Lipinski definition) is 1. The Morgan fingerprint density at radius 2 is 1.42 bits per heavy atom. The van der Waals surface area contributed by atoms with Crippen molar-refractivity contribution in [2.75, 3.05) is 32.8 Å². The highest BCUT2D eigenvalue weighted by molar-refractivity contribution is 6.04. The van der Waals surface area contributed by atoms with Crippen LogP contribution in [0.5, 0.6) is 5.75 Å². The number of carbonyl (C=O) groups excluding carboxylic acids is 2. The molecule has 2 amide bonds. The Morgan fingerprint density at radius 1 is 0.800 bits per heavy atom. The van der Waals surface area contributed by atoms with Gasteiger partial charge in [0.25, 0.3) is 0 Å². The van der Waals surface area contributed by atoms with Crippen molar-refractivity contribution in [3.05, 3.63) is 143 Å². The van der Waals surface area contributed by atoms with Gasteiger partial charge < -0.3 is 15.0 Å². The van der Waals surface area contributed by atoms with E-state index in [9.17, 15) is 22.8 Å². The molecule has 1 N–H and O–H groups in total. The van der Waals surface area contributed by atoms with Crippen LogP contribution in [0.1, 0.15) is 47.6 Å². The maximum absolute atomic E-state index is 14.4. The fraction of sp³-hybridized carbons (Fsp3) is 0.317. The summed E-state index contributed by atoms with van der Waals surface area (Å²) in [5.41, 5.74) is 2.73. The molecule has 0 spiro atoms. The van der Waals surface area contributed by atoms with E-state index in [0.717, 1.165) is 48.4 Å². The zero-order chi connectivity index (χ0) is 35.3. The van der Waals surface area contributed by atoms with E-state index >= 15 is 0 Å². The number of benzene rings is 4. The molecule has 0 aromatic heterocycles. The van der Waals surface area contributed by atoms with Crippen LogP contribution >= 0.6 is 0 Å². The second-order valence-electron chi connectivity index (χ2n) is 12.6. The van der Waals surface area contributed by atoms with Gasteiger partial charge in [0.05, 0.1) is 18.1 Å². The number of carbonyl (C=O) groups is 2. The lowest BCUT2D eigenvalue weighted by atomic mass is 9.88. The Morgan fingerprint density at radius 3 is 2.02 bits per heavy atom. The maximum atomic E-state index is 14.4. The smallest absolute Gasteiger partial charge is 0.416 e. The number of nitrogens with zero attached hydrogens (tertiary/aromatic N) is 2. The minimum Gasteiger partial charge on any atom is -0.494 e. The van der Waals surface area contributed by atoms with E-state index in [0.29, 0.717) is 38.3 Å². The molecule has 1 heterocycles. The maximum Gasteiger partial charge on any atom is 0.416 e. The van der Waals surface area contributed by atoms with Gasteiger partial charge in [-0.1, -0.05) is 98.3 Å². The minimum absolute atomic E-state index is 0.185. The van der Waals surface area contributed by atoms with Gasteiger partial charge >= 0.3 is 6.18 Å². The SMILES string of the molecule is CCCCOc1ccc(CNC(=O)C(=Cc2ccc(C(F)(F)F)cc2)[C@H](Cc2ccccc2)C(=O)N2CCN(Cc3ccccc3)CC2)cc1. The van der Waals surface area contributed by atoms with E-state index in [1.165, 1.54) is 17.7 Å². The third-order valence-corrected chi connectivity index (χ3v) is 8.85. The molecule has 5 rings (SSSR count). The average Bonchev–Trinajstić information content (AvgIpc) is 3.13. The van der Waals surface area contributed by atoms with Crippen LogP contribution < -0.4 is 10.1 Å². The van der Waals surface area contributed by atoms with Crippen LogP contribution in [-0.4, -0.2) is 54.4 Å². The van der Waals surface area contributed by atoms with E-state index in [4.69, 9.17) is 4.74 Å². The highest BCUT2D eigenvalue weighted by atomic mass is 19.4. The van der Waals surface area contributed by atoms with Gasteiger partial charge in [-0.05, 0) is 65.4 Å². The predicted molar refractivity (Wildman–Crippen MR) is 190 cm³/mol. The molecule has 1 fully saturated rings. The van der Waals surface area contributed by atoms with E-state index < -0.39 is 23.6 Å². The number of nitrogens with one attached hydrogen (secondary N) is 1. The van der Waals surface area contributed by atoms with Gasteiger partial charge in [0.1, 0.15) is 5.75 Å². The first-order chi connectivity index (χ1) is 24.2. The molecule has 1 aliphatic rings. The molecule has 1 atom stereocenters. The summed E-state index contributed by atoms with van der Waals surface area (Å²) in [7, 11) is 0. The molecule has 0 bridgehead atoms. The number of rotatable bonds is 14. The summed E-state index contributed by atoms with van der Waals surface area (Å²) in [5.74, 6) is -0.760. The van der Waals surface area contributed by atoms with Crippen molar-refractivity contribution >= 4 is 17.9 Å². The van der Waals surface area contributed by atoms with Crippen LogP contribution in [0.25, 0.3) is 6.08 Å². The van der Waals surface area contributed by atoms with Crippen LogP contribution in [0.3, 0.4) is 0 Å². The fourth-order valence-corrected chi connectivity index (χ4v) is 5.96. The number of hydrogen-bond acceptors (Lipinski definition) is 4. The standard InChI is InChI=1S/C41H44F3N3O3/c1-2-3-26-50-36-20-16-33(17-21-36)29-45-39(48)37(27-32-14-18-35(19-15-32)41(42,43)44)38(28-31-10-6-4-7-11-31)40(49)47-24-22-46(23-25-47)30-34-12-8-5-9-13-34/h4-21,27,38H,2-3,22-26,28-30H2,1H3,(H,45,48)/t38-/m0/s1. The predicted octanol–water partition coefficient (Wildman–Crippen LogP) is 7.79. The Bertz CT molecular complexity index is 1680. The summed E-state index contributed by atoms with van der Waals surface area (Å²) in [6.45, 7) is 6.07. The summed E-state index contributed by atoms with van der Waals surface area (Å²) < 4.78 is 45.9. The molecule has 1 saturated heterocycles. The molecule has 4 aromatic rings. The number of alkyl halides is 3. The van der Waals surface area contributed by atoms with Crippen molar-refractivity contribution in [3.63, 3.8) is 0 Å². The first-order valence-corrected chi connectivity index (χ1v) is 17.2. The quantitative estimate of drug-likeness (QED) is 0.109. The van der Waals surface area contributed by atoms with Crippen LogP contribution in [0.4, 0.5) is 13.2 Å². The largest absolute Gasteiger partial charge is 0.494 e. The molecule has 6 nitrogen and oxygen atoms in total. The van der Waals surface area contributed by atoms with Crippen molar-refractivity contribution in [2.45, 2.75) is 45.5 Å². The number of amides is 2. The van der Waals surface area contributed by atoms with Gasteiger partial charge in [0.2, 0.25) is 11.8 Å². The lowest BCUT2D eigenvalue weighted by molar-refractivity contribution is -0.138. The lowest BCUT2D eigenvalue weighted by Gasteiger charge is -2.37. The Labute approximate surface area is 292 Å². The van der Waals surface area contributed by atoms with Crippen molar-refractivity contribution in [1.82, 2.24) is 15.1 Å². The van der Waals surface area contributed by atoms with E-state index in [1.54, 1.807) is 11.0 Å². The van der Waals surface area contributed by atoms with Crippen molar-refractivity contribution in [2.24, 2.45) is 5.92 Å². The van der Waals surface area contributed by atoms with Crippen LogP contribution in [0.2, 0.25) is 0 Å². The van der Waals surface area contributed by atoms with Crippen LogP contribution in [0, 0.1) is 5.92 Å². The van der Waals surface area contributed by atoms with E-state index in [1.807, 2.05) is 72.8 Å². The fourth-order valence-electron chi connectivity index (χ4n) is 5.96. The second-order valence-corrected chi connectivity index (χ2v) is 12.6. The topological polar surface area (TPSA) is 61.9 Å². The minimum atomic E-state index is -4.49. The van der Waals surface area contributed by atoms with E-state index in [-0.39, 0.29) is 24.4 Å². The third kappa shape index (κ3) is 10.6. The van der Waals surface area contributed by atoms with Gasteiger partial charge in [-0.3, -0.25) is 14.5 Å². The Hall–Kier alpha value is -4.89. The molecule has 4 aromatic carbocycles. The monoisotopic (exact) mass is 683 g/mol. The van der Waals surface area contributed by atoms with Gasteiger partial charge in [0, 0.05) is 44.8 Å². The highest BCUT2D eigenvalue weighted by Gasteiger charge is 2.34. The Balaban J connectivity index is 1.40. The summed E-state index contributed by atoms with van der Waals surface area (Å²) >= 11 is 0. The van der Waals surface area contributed by atoms with Gasteiger partial charge in [-0.15, -0.1) is 0 Å². The average molecular weight is 684 g/mol. The lowest BCUT2D eigenvalue weighted by Crippen LogP contribution is -2.51. The highest BCUT2D eigenvalue weighted by Crippen LogP contribution is 2.30. The zero-order valence-corrected chi connectivity index (χ0v) is 28.4. The van der Waals surface area contributed by atoms with Crippen molar-refractivity contribution in [3.8, 4) is 5.75 Å². The molecular formula is C41H44F3N3O3. The van der Waals surface area contributed by atoms with Crippen molar-refractivity contribution < 1.29 is 27.5 Å². The Kier molecular flexibility index (Phi) is 12.9. The summed E-state index contributed by atoms with van der Waals surface area (Å²) in [4.78, 5) is 32.6. The second kappa shape index (κ2) is 17.7. The van der Waals surface area contributed by atoms with Gasteiger partial charge in [-0.25, -0.2) is 0 Å². The number of piperazine rings is 1. The van der Waals surface area contributed by atoms with Crippen LogP contribution in [0.15, 0.2) is 115 Å². The van der Waals surface area contributed by atoms with Gasteiger partial charge in [-0.2, -0.15) is 13.2 Å². The molecule has 0 unspecified atom stereocenters. The number of unbranched alkanes of at least 4 members (excludes halogenated alkanes) is 1. The third-order valence-electron chi connectivity index (χ3n) is 8.85. The molecule has 1 aliphatic heterocycles. The first-order valence-electron chi connectivity index (χ1n) is 17.2.